The molecule has 0 aliphatic heterocycles. The first-order chi connectivity index (χ1) is 7.10. The van der Waals surface area contributed by atoms with Crippen LogP contribution in [0.3, 0.4) is 0 Å². The lowest BCUT2D eigenvalue weighted by Crippen LogP contribution is -2.22. The number of nitrogens with two attached hydrogens (primary N) is 1. The molecule has 1 fully saturated rings. The van der Waals surface area contributed by atoms with E-state index in [9.17, 15) is 13.2 Å². The van der Waals surface area contributed by atoms with Gasteiger partial charge in [0, 0.05) is 12.0 Å². The van der Waals surface area contributed by atoms with Crippen molar-refractivity contribution < 1.29 is 13.2 Å². The van der Waals surface area contributed by atoms with Crippen molar-refractivity contribution in [1.82, 2.24) is 0 Å². The molecular weight excluding hydrogens is 203 g/mol. The zero-order chi connectivity index (χ0) is 11.1. The van der Waals surface area contributed by atoms with Crippen molar-refractivity contribution in [2.24, 2.45) is 5.73 Å². The first kappa shape index (κ1) is 10.5. The second-order valence-corrected chi connectivity index (χ2v) is 3.99. The molecule has 0 atom stereocenters. The van der Waals surface area contributed by atoms with Crippen LogP contribution in [0.15, 0.2) is 18.2 Å². The van der Waals surface area contributed by atoms with Gasteiger partial charge in [-0.1, -0.05) is 12.1 Å². The van der Waals surface area contributed by atoms with Crippen LogP contribution in [0.2, 0.25) is 0 Å². The topological polar surface area (TPSA) is 26.0 Å². The van der Waals surface area contributed by atoms with Gasteiger partial charge in [0.1, 0.15) is 5.82 Å². The van der Waals surface area contributed by atoms with Crippen molar-refractivity contribution in [3.8, 4) is 0 Å². The molecule has 1 aromatic carbocycles. The van der Waals surface area contributed by atoms with Gasteiger partial charge in [-0.25, -0.2) is 13.2 Å². The van der Waals surface area contributed by atoms with E-state index < -0.39 is 23.2 Å². The van der Waals surface area contributed by atoms with Gasteiger partial charge in [0.15, 0.2) is 0 Å². The van der Waals surface area contributed by atoms with Gasteiger partial charge in [-0.3, -0.25) is 0 Å². The van der Waals surface area contributed by atoms with E-state index >= 15 is 0 Å². The second-order valence-electron chi connectivity index (χ2n) is 3.99. The van der Waals surface area contributed by atoms with E-state index in [0.717, 1.165) is 18.9 Å². The summed E-state index contributed by atoms with van der Waals surface area (Å²) in [5, 5.41) is 0. The van der Waals surface area contributed by atoms with Crippen molar-refractivity contribution in [2.45, 2.75) is 24.7 Å². The molecule has 2 rings (SSSR count). The quantitative estimate of drug-likeness (QED) is 0.824. The number of rotatable bonds is 3. The highest BCUT2D eigenvalue weighted by Crippen LogP contribution is 2.50. The Hall–Kier alpha value is -1.03. The molecule has 0 amide bonds. The third-order valence-electron chi connectivity index (χ3n) is 3.09. The van der Waals surface area contributed by atoms with Crippen molar-refractivity contribution in [2.75, 3.05) is 6.54 Å². The largest absolute Gasteiger partial charge is 0.330 e. The average Bonchev–Trinajstić information content (AvgIpc) is 2.97. The van der Waals surface area contributed by atoms with Crippen molar-refractivity contribution in [3.63, 3.8) is 0 Å². The first-order valence-corrected chi connectivity index (χ1v) is 4.88. The predicted octanol–water partition coefficient (Wildman–Crippen LogP) is 2.75. The molecule has 0 radical (unpaired) electrons. The Morgan fingerprint density at radius 1 is 1.33 bits per heavy atom. The lowest BCUT2D eigenvalue weighted by molar-refractivity contribution is 0.144. The summed E-state index contributed by atoms with van der Waals surface area (Å²) in [6, 6.07) is 4.09. The predicted molar refractivity (Wildman–Crippen MR) is 51.3 cm³/mol. The maximum atomic E-state index is 13.3. The van der Waals surface area contributed by atoms with Crippen LogP contribution in [-0.2, 0) is 5.41 Å². The standard InChI is InChI=1S/C11H12F3N/c12-8-3-1-2-7(9(8)10(13)14)11(6-15)4-5-11/h1-3,10H,4-6,15H2. The summed E-state index contributed by atoms with van der Waals surface area (Å²) in [7, 11) is 0. The first-order valence-electron chi connectivity index (χ1n) is 4.88. The maximum Gasteiger partial charge on any atom is 0.266 e. The van der Waals surface area contributed by atoms with Crippen molar-refractivity contribution in [3.05, 3.63) is 35.1 Å². The number of hydrogen-bond donors (Lipinski definition) is 1. The van der Waals surface area contributed by atoms with Gasteiger partial charge in [0.25, 0.3) is 6.43 Å². The fourth-order valence-electron chi connectivity index (χ4n) is 1.96. The molecule has 82 valence electrons. The van der Waals surface area contributed by atoms with E-state index in [-0.39, 0.29) is 0 Å². The minimum Gasteiger partial charge on any atom is -0.330 e. The summed E-state index contributed by atoms with van der Waals surface area (Å²) in [5.41, 5.74) is 5.07. The maximum absolute atomic E-state index is 13.3. The van der Waals surface area contributed by atoms with Gasteiger partial charge in [-0.2, -0.15) is 0 Å². The van der Waals surface area contributed by atoms with Gasteiger partial charge >= 0.3 is 0 Å². The lowest BCUT2D eigenvalue weighted by atomic mass is 9.91. The summed E-state index contributed by atoms with van der Waals surface area (Å²) >= 11 is 0. The van der Waals surface area contributed by atoms with Gasteiger partial charge < -0.3 is 5.73 Å². The molecule has 0 heterocycles. The smallest absolute Gasteiger partial charge is 0.266 e. The lowest BCUT2D eigenvalue weighted by Gasteiger charge is -2.17. The van der Waals surface area contributed by atoms with Gasteiger partial charge in [0.2, 0.25) is 0 Å². The van der Waals surface area contributed by atoms with E-state index in [0.29, 0.717) is 12.1 Å². The number of alkyl halides is 2. The molecule has 0 unspecified atom stereocenters. The molecule has 0 spiro atoms. The molecule has 4 heteroatoms. The van der Waals surface area contributed by atoms with Crippen LogP contribution < -0.4 is 5.73 Å². The van der Waals surface area contributed by atoms with Gasteiger partial charge in [-0.15, -0.1) is 0 Å². The van der Waals surface area contributed by atoms with Crippen LogP contribution in [0, 0.1) is 5.82 Å². The number of halogens is 3. The Bertz CT molecular complexity index is 372. The highest BCUT2D eigenvalue weighted by Gasteiger charge is 2.45. The zero-order valence-corrected chi connectivity index (χ0v) is 8.14. The highest BCUT2D eigenvalue weighted by molar-refractivity contribution is 5.40. The normalized spacial score (nSPS) is 18.2. The molecule has 1 nitrogen and oxygen atoms in total. The fourth-order valence-corrected chi connectivity index (χ4v) is 1.96. The fraction of sp³-hybridized carbons (Fsp3) is 0.455. The third-order valence-corrected chi connectivity index (χ3v) is 3.09. The molecule has 2 N–H and O–H groups in total. The van der Waals surface area contributed by atoms with E-state index in [1.165, 1.54) is 6.07 Å². The minimum atomic E-state index is -2.77. The zero-order valence-electron chi connectivity index (χ0n) is 8.14. The van der Waals surface area contributed by atoms with Crippen molar-refractivity contribution >= 4 is 0 Å². The molecule has 1 saturated carbocycles. The monoisotopic (exact) mass is 215 g/mol. The van der Waals surface area contributed by atoms with E-state index in [1.807, 2.05) is 0 Å². The van der Waals surface area contributed by atoms with Crippen LogP contribution >= 0.6 is 0 Å². The summed E-state index contributed by atoms with van der Waals surface area (Å²) in [4.78, 5) is 0. The number of hydrogen-bond acceptors (Lipinski definition) is 1. The molecule has 1 aromatic rings. The minimum absolute atomic E-state index is 0.302. The molecule has 15 heavy (non-hydrogen) atoms. The van der Waals surface area contributed by atoms with E-state index in [4.69, 9.17) is 5.73 Å². The number of benzene rings is 1. The van der Waals surface area contributed by atoms with E-state index in [2.05, 4.69) is 0 Å². The van der Waals surface area contributed by atoms with Crippen LogP contribution in [0.25, 0.3) is 0 Å². The Balaban J connectivity index is 2.51. The molecule has 0 saturated heterocycles. The molecular formula is C11H12F3N. The summed E-state index contributed by atoms with van der Waals surface area (Å²) < 4.78 is 38.7. The second kappa shape index (κ2) is 3.52. The summed E-state index contributed by atoms with van der Waals surface area (Å²) in [6.07, 6.45) is -1.23. The molecule has 0 bridgehead atoms. The molecule has 1 aliphatic carbocycles. The Labute approximate surface area is 86.1 Å². The van der Waals surface area contributed by atoms with Crippen LogP contribution in [0.4, 0.5) is 13.2 Å². The van der Waals surface area contributed by atoms with Crippen LogP contribution in [0.5, 0.6) is 0 Å². The van der Waals surface area contributed by atoms with Crippen LogP contribution in [-0.4, -0.2) is 6.54 Å². The Morgan fingerprint density at radius 2 is 2.00 bits per heavy atom. The van der Waals surface area contributed by atoms with Gasteiger partial charge in [0.05, 0.1) is 5.56 Å². The third kappa shape index (κ3) is 1.63. The highest BCUT2D eigenvalue weighted by atomic mass is 19.3. The average molecular weight is 215 g/mol. The van der Waals surface area contributed by atoms with Gasteiger partial charge in [-0.05, 0) is 24.5 Å². The van der Waals surface area contributed by atoms with E-state index in [1.54, 1.807) is 6.07 Å². The van der Waals surface area contributed by atoms with Crippen LogP contribution in [0.1, 0.15) is 30.4 Å². The summed E-state index contributed by atoms with van der Waals surface area (Å²) in [6.45, 7) is 0.302. The molecule has 1 aliphatic rings. The Morgan fingerprint density at radius 3 is 2.47 bits per heavy atom. The van der Waals surface area contributed by atoms with Crippen molar-refractivity contribution in [1.29, 1.82) is 0 Å². The summed E-state index contributed by atoms with van der Waals surface area (Å²) in [5.74, 6) is -0.831. The SMILES string of the molecule is NCC1(c2cccc(F)c2C(F)F)CC1. The Kier molecular flexibility index (Phi) is 2.46. The molecule has 0 aromatic heterocycles.